The van der Waals surface area contributed by atoms with Crippen molar-refractivity contribution in [2.24, 2.45) is 0 Å². The number of rotatable bonds is 4. The van der Waals surface area contributed by atoms with Crippen LogP contribution in [-0.2, 0) is 0 Å². The van der Waals surface area contributed by atoms with E-state index in [9.17, 15) is 4.79 Å². The van der Waals surface area contributed by atoms with Crippen LogP contribution in [0.4, 0.5) is 0 Å². The van der Waals surface area contributed by atoms with Crippen molar-refractivity contribution in [1.29, 1.82) is 0 Å². The molecule has 0 unspecified atom stereocenters. The molecule has 1 aliphatic rings. The van der Waals surface area contributed by atoms with E-state index in [2.05, 4.69) is 10.4 Å². The standard InChI is InChI=1S/C19H17N3O3/c23-19(14-10-21-22(12-14)15-6-2-1-3-7-15)20-11-16-13-24-17-8-4-5-9-18(17)25-16/h1-10,12,16H,11,13H2,(H,20,23)/t16-/m1/s1. The predicted molar refractivity (Wildman–Crippen MR) is 92.3 cm³/mol. The lowest BCUT2D eigenvalue weighted by Gasteiger charge is -2.26. The van der Waals surface area contributed by atoms with Crippen LogP contribution in [0.3, 0.4) is 0 Å². The predicted octanol–water partition coefficient (Wildman–Crippen LogP) is 2.44. The highest BCUT2D eigenvalue weighted by molar-refractivity contribution is 5.93. The first kappa shape index (κ1) is 15.3. The first-order chi connectivity index (χ1) is 12.3. The molecule has 0 fully saturated rings. The van der Waals surface area contributed by atoms with Crippen LogP contribution in [0.1, 0.15) is 10.4 Å². The Hall–Kier alpha value is -3.28. The van der Waals surface area contributed by atoms with Gasteiger partial charge in [0, 0.05) is 6.20 Å². The van der Waals surface area contributed by atoms with Gasteiger partial charge in [-0.2, -0.15) is 5.10 Å². The first-order valence-electron chi connectivity index (χ1n) is 8.06. The molecule has 1 amide bonds. The van der Waals surface area contributed by atoms with Gasteiger partial charge in [0.1, 0.15) is 12.7 Å². The minimum absolute atomic E-state index is 0.190. The van der Waals surface area contributed by atoms with E-state index in [1.54, 1.807) is 17.1 Å². The number of carbonyl (C=O) groups is 1. The minimum Gasteiger partial charge on any atom is -0.486 e. The fraction of sp³-hybridized carbons (Fsp3) is 0.158. The Balaban J connectivity index is 1.36. The number of carbonyl (C=O) groups excluding carboxylic acids is 1. The number of nitrogens with one attached hydrogen (secondary N) is 1. The third kappa shape index (κ3) is 3.33. The lowest BCUT2D eigenvalue weighted by Crippen LogP contribution is -2.40. The Bertz CT molecular complexity index is 876. The van der Waals surface area contributed by atoms with Crippen LogP contribution in [0.2, 0.25) is 0 Å². The number of hydrogen-bond donors (Lipinski definition) is 1. The van der Waals surface area contributed by atoms with Crippen LogP contribution >= 0.6 is 0 Å². The van der Waals surface area contributed by atoms with Gasteiger partial charge in [-0.25, -0.2) is 4.68 Å². The lowest BCUT2D eigenvalue weighted by molar-refractivity contribution is 0.0789. The van der Waals surface area contributed by atoms with Crippen molar-refractivity contribution in [2.75, 3.05) is 13.2 Å². The highest BCUT2D eigenvalue weighted by Crippen LogP contribution is 2.30. The molecule has 126 valence electrons. The molecule has 1 N–H and O–H groups in total. The number of nitrogens with zero attached hydrogens (tertiary/aromatic N) is 2. The van der Waals surface area contributed by atoms with E-state index in [4.69, 9.17) is 9.47 Å². The molecular formula is C19H17N3O3. The van der Waals surface area contributed by atoms with Crippen molar-refractivity contribution >= 4 is 5.91 Å². The number of benzene rings is 2. The molecule has 0 radical (unpaired) electrons. The zero-order valence-electron chi connectivity index (χ0n) is 13.5. The first-order valence-corrected chi connectivity index (χ1v) is 8.06. The molecule has 0 spiro atoms. The van der Waals surface area contributed by atoms with Gasteiger partial charge in [-0.3, -0.25) is 4.79 Å². The molecule has 2 aromatic carbocycles. The highest BCUT2D eigenvalue weighted by atomic mass is 16.6. The van der Waals surface area contributed by atoms with Gasteiger partial charge in [-0.1, -0.05) is 30.3 Å². The number of amides is 1. The van der Waals surface area contributed by atoms with E-state index in [-0.39, 0.29) is 12.0 Å². The summed E-state index contributed by atoms with van der Waals surface area (Å²) in [5.74, 6) is 1.24. The monoisotopic (exact) mass is 335 g/mol. The summed E-state index contributed by atoms with van der Waals surface area (Å²) in [6.07, 6.45) is 3.04. The van der Waals surface area contributed by atoms with E-state index in [1.807, 2.05) is 54.6 Å². The summed E-state index contributed by atoms with van der Waals surface area (Å²) in [6.45, 7) is 0.768. The second-order valence-corrected chi connectivity index (χ2v) is 5.72. The van der Waals surface area contributed by atoms with Crippen LogP contribution in [0, 0.1) is 0 Å². The molecule has 1 aromatic heterocycles. The van der Waals surface area contributed by atoms with Crippen molar-refractivity contribution in [3.8, 4) is 17.2 Å². The molecule has 3 aromatic rings. The summed E-state index contributed by atoms with van der Waals surface area (Å²) in [5, 5.41) is 7.10. The lowest BCUT2D eigenvalue weighted by atomic mass is 10.2. The van der Waals surface area contributed by atoms with Crippen LogP contribution in [0.25, 0.3) is 5.69 Å². The van der Waals surface area contributed by atoms with Crippen LogP contribution in [-0.4, -0.2) is 34.9 Å². The fourth-order valence-electron chi connectivity index (χ4n) is 2.63. The number of hydrogen-bond acceptors (Lipinski definition) is 4. The zero-order valence-corrected chi connectivity index (χ0v) is 13.5. The molecule has 0 bridgehead atoms. The maximum Gasteiger partial charge on any atom is 0.254 e. The van der Waals surface area contributed by atoms with Crippen molar-refractivity contribution in [1.82, 2.24) is 15.1 Å². The molecule has 1 aliphatic heterocycles. The molecular weight excluding hydrogens is 318 g/mol. The second kappa shape index (κ2) is 6.68. The molecule has 2 heterocycles. The maximum atomic E-state index is 12.3. The molecule has 1 atom stereocenters. The zero-order chi connectivity index (χ0) is 17.1. The van der Waals surface area contributed by atoms with Crippen LogP contribution in [0.5, 0.6) is 11.5 Å². The molecule has 6 nitrogen and oxygen atoms in total. The van der Waals surface area contributed by atoms with Gasteiger partial charge in [0.2, 0.25) is 0 Å². The van der Waals surface area contributed by atoms with Crippen molar-refractivity contribution in [2.45, 2.75) is 6.10 Å². The Morgan fingerprint density at radius 1 is 1.12 bits per heavy atom. The topological polar surface area (TPSA) is 65.4 Å². The van der Waals surface area contributed by atoms with Gasteiger partial charge in [0.15, 0.2) is 11.5 Å². The minimum atomic E-state index is -0.219. The number of fused-ring (bicyclic) bond motifs is 1. The summed E-state index contributed by atoms with van der Waals surface area (Å²) in [4.78, 5) is 12.3. The van der Waals surface area contributed by atoms with Gasteiger partial charge < -0.3 is 14.8 Å². The average Bonchev–Trinajstić information content (AvgIpc) is 3.17. The van der Waals surface area contributed by atoms with Crippen molar-refractivity contribution in [3.05, 3.63) is 72.6 Å². The van der Waals surface area contributed by atoms with Gasteiger partial charge >= 0.3 is 0 Å². The third-order valence-corrected chi connectivity index (χ3v) is 3.92. The van der Waals surface area contributed by atoms with Gasteiger partial charge in [-0.15, -0.1) is 0 Å². The maximum absolute atomic E-state index is 12.3. The smallest absolute Gasteiger partial charge is 0.254 e. The second-order valence-electron chi connectivity index (χ2n) is 5.72. The number of ether oxygens (including phenoxy) is 2. The summed E-state index contributed by atoms with van der Waals surface area (Å²) in [5.41, 5.74) is 1.41. The van der Waals surface area contributed by atoms with E-state index in [0.717, 1.165) is 11.4 Å². The van der Waals surface area contributed by atoms with Crippen molar-refractivity contribution in [3.63, 3.8) is 0 Å². The Kier molecular flexibility index (Phi) is 4.08. The largest absolute Gasteiger partial charge is 0.486 e. The van der Waals surface area contributed by atoms with E-state index in [0.29, 0.717) is 24.5 Å². The summed E-state index contributed by atoms with van der Waals surface area (Å²) in [6, 6.07) is 17.2. The Labute approximate surface area is 145 Å². The molecule has 4 rings (SSSR count). The molecule has 0 saturated heterocycles. The third-order valence-electron chi connectivity index (χ3n) is 3.92. The van der Waals surface area contributed by atoms with Gasteiger partial charge in [0.05, 0.1) is 24.0 Å². The van der Waals surface area contributed by atoms with E-state index in [1.165, 1.54) is 0 Å². The van der Waals surface area contributed by atoms with Gasteiger partial charge in [0.25, 0.3) is 5.91 Å². The summed E-state index contributed by atoms with van der Waals surface area (Å²) < 4.78 is 13.1. The van der Waals surface area contributed by atoms with Crippen LogP contribution < -0.4 is 14.8 Å². The summed E-state index contributed by atoms with van der Waals surface area (Å²) in [7, 11) is 0. The molecule has 6 heteroatoms. The fourth-order valence-corrected chi connectivity index (χ4v) is 2.63. The quantitative estimate of drug-likeness (QED) is 0.795. The average molecular weight is 335 g/mol. The molecule has 0 saturated carbocycles. The van der Waals surface area contributed by atoms with Gasteiger partial charge in [-0.05, 0) is 24.3 Å². The Morgan fingerprint density at radius 3 is 2.72 bits per heavy atom. The number of para-hydroxylation sites is 3. The normalized spacial score (nSPS) is 15.6. The van der Waals surface area contributed by atoms with E-state index >= 15 is 0 Å². The highest BCUT2D eigenvalue weighted by Gasteiger charge is 2.21. The molecule has 0 aliphatic carbocycles. The van der Waals surface area contributed by atoms with Crippen LogP contribution in [0.15, 0.2) is 67.0 Å². The Morgan fingerprint density at radius 2 is 1.88 bits per heavy atom. The molecule has 25 heavy (non-hydrogen) atoms. The SMILES string of the molecule is O=C(NC[C@@H]1COc2ccccc2O1)c1cnn(-c2ccccc2)c1. The number of aromatic nitrogens is 2. The van der Waals surface area contributed by atoms with Crippen molar-refractivity contribution < 1.29 is 14.3 Å². The summed E-state index contributed by atoms with van der Waals surface area (Å²) >= 11 is 0. The van der Waals surface area contributed by atoms with E-state index < -0.39 is 0 Å².